The highest BCUT2D eigenvalue weighted by Crippen LogP contribution is 2.19. The van der Waals surface area contributed by atoms with E-state index < -0.39 is 6.10 Å². The number of nitrogens with zero attached hydrogens (tertiary/aromatic N) is 2. The van der Waals surface area contributed by atoms with Crippen LogP contribution >= 0.6 is 0 Å². The molecule has 2 aromatic rings. The highest BCUT2D eigenvalue weighted by molar-refractivity contribution is 5.27. The molecule has 4 heteroatoms. The Bertz CT molecular complexity index is 654. The zero-order valence-corrected chi connectivity index (χ0v) is 15.8. The monoisotopic (exact) mass is 354 g/mol. The van der Waals surface area contributed by atoms with Crippen LogP contribution in [0.1, 0.15) is 18.1 Å². The van der Waals surface area contributed by atoms with E-state index >= 15 is 0 Å². The molecule has 140 valence electrons. The van der Waals surface area contributed by atoms with Crippen LogP contribution in [0.25, 0.3) is 0 Å². The van der Waals surface area contributed by atoms with Crippen molar-refractivity contribution in [2.75, 3.05) is 33.3 Å². The fourth-order valence-electron chi connectivity index (χ4n) is 3.47. The number of aliphatic hydroxyl groups excluding tert-OH is 1. The van der Waals surface area contributed by atoms with Gasteiger partial charge in [0.05, 0.1) is 0 Å². The molecule has 26 heavy (non-hydrogen) atoms. The van der Waals surface area contributed by atoms with E-state index in [0.29, 0.717) is 13.2 Å². The van der Waals surface area contributed by atoms with Crippen LogP contribution in [0.2, 0.25) is 0 Å². The minimum atomic E-state index is -0.508. The molecule has 0 bridgehead atoms. The molecule has 1 aliphatic heterocycles. The van der Waals surface area contributed by atoms with E-state index in [2.05, 4.69) is 41.0 Å². The van der Waals surface area contributed by atoms with E-state index in [1.54, 1.807) is 0 Å². The number of aliphatic hydroxyl groups is 1. The lowest BCUT2D eigenvalue weighted by Gasteiger charge is -2.37. The van der Waals surface area contributed by atoms with Crippen molar-refractivity contribution in [3.05, 3.63) is 65.7 Å². The summed E-state index contributed by atoms with van der Waals surface area (Å²) in [6.07, 6.45) is -0.508. The molecule has 1 heterocycles. The van der Waals surface area contributed by atoms with Crippen LogP contribution in [-0.4, -0.2) is 54.3 Å². The quantitative estimate of drug-likeness (QED) is 0.751. The van der Waals surface area contributed by atoms with Crippen LogP contribution < -0.4 is 4.74 Å². The van der Waals surface area contributed by atoms with Crippen LogP contribution in [0.15, 0.2) is 54.6 Å². The second-order valence-electron chi connectivity index (χ2n) is 7.59. The number of likely N-dealkylation sites (N-methyl/N-ethyl adjacent to an activating group) is 1. The van der Waals surface area contributed by atoms with Gasteiger partial charge in [0, 0.05) is 32.7 Å². The molecule has 1 aliphatic rings. The molecule has 0 aromatic heterocycles. The van der Waals surface area contributed by atoms with Crippen molar-refractivity contribution in [1.82, 2.24) is 9.80 Å². The van der Waals surface area contributed by atoms with Gasteiger partial charge in [-0.15, -0.1) is 0 Å². The lowest BCUT2D eigenvalue weighted by molar-refractivity contribution is 0.0743. The third kappa shape index (κ3) is 5.84. The Morgan fingerprint density at radius 1 is 1.08 bits per heavy atom. The summed E-state index contributed by atoms with van der Waals surface area (Å²) >= 11 is 0. The molecule has 1 N–H and O–H groups in total. The second-order valence-corrected chi connectivity index (χ2v) is 7.59. The Hall–Kier alpha value is -1.88. The van der Waals surface area contributed by atoms with E-state index in [4.69, 9.17) is 4.74 Å². The number of likely N-dealkylation sites (tertiary alicyclic amines) is 1. The predicted molar refractivity (Wildman–Crippen MR) is 105 cm³/mol. The average Bonchev–Trinajstić information content (AvgIpc) is 2.60. The van der Waals surface area contributed by atoms with Gasteiger partial charge in [0.2, 0.25) is 0 Å². The Labute approximate surface area is 157 Å². The highest BCUT2D eigenvalue weighted by atomic mass is 16.5. The SMILES string of the molecule is CC1CN(Cc2ccc(OCC(O)CN(C)Cc3ccccc3)cc2)C1. The minimum absolute atomic E-state index is 0.308. The molecule has 2 aromatic carbocycles. The number of hydrogen-bond acceptors (Lipinski definition) is 4. The van der Waals surface area contributed by atoms with Crippen LogP contribution in [-0.2, 0) is 13.1 Å². The normalized spacial score (nSPS) is 16.5. The lowest BCUT2D eigenvalue weighted by atomic mass is 10.0. The topological polar surface area (TPSA) is 35.9 Å². The summed E-state index contributed by atoms with van der Waals surface area (Å²) < 4.78 is 5.75. The van der Waals surface area contributed by atoms with Crippen LogP contribution in [0.5, 0.6) is 5.75 Å². The van der Waals surface area contributed by atoms with Gasteiger partial charge >= 0.3 is 0 Å². The van der Waals surface area contributed by atoms with Crippen LogP contribution in [0.3, 0.4) is 0 Å². The molecule has 4 nitrogen and oxygen atoms in total. The summed E-state index contributed by atoms with van der Waals surface area (Å²) in [5, 5.41) is 10.2. The molecular weight excluding hydrogens is 324 g/mol. The first-order valence-electron chi connectivity index (χ1n) is 9.43. The standard InChI is InChI=1S/C22H30N2O2/c1-18-12-24(13-18)15-20-8-10-22(11-9-20)26-17-21(25)16-23(2)14-19-6-4-3-5-7-19/h3-11,18,21,25H,12-17H2,1-2H3. The summed E-state index contributed by atoms with van der Waals surface area (Å²) in [4.78, 5) is 4.56. The molecule has 0 amide bonds. The van der Waals surface area contributed by atoms with Gasteiger partial charge in [-0.1, -0.05) is 49.4 Å². The highest BCUT2D eigenvalue weighted by Gasteiger charge is 2.21. The molecule has 1 fully saturated rings. The van der Waals surface area contributed by atoms with Gasteiger partial charge in [-0.05, 0) is 36.2 Å². The Balaban J connectivity index is 1.37. The Morgan fingerprint density at radius 2 is 1.77 bits per heavy atom. The van der Waals surface area contributed by atoms with Crippen LogP contribution in [0.4, 0.5) is 0 Å². The lowest BCUT2D eigenvalue weighted by Crippen LogP contribution is -2.44. The zero-order chi connectivity index (χ0) is 18.4. The molecule has 0 aliphatic carbocycles. The summed E-state index contributed by atoms with van der Waals surface area (Å²) in [7, 11) is 2.02. The minimum Gasteiger partial charge on any atom is -0.491 e. The first kappa shape index (κ1) is 18.9. The van der Waals surface area contributed by atoms with E-state index in [-0.39, 0.29) is 0 Å². The van der Waals surface area contributed by atoms with Gasteiger partial charge in [0.25, 0.3) is 0 Å². The third-order valence-corrected chi connectivity index (χ3v) is 4.73. The van der Waals surface area contributed by atoms with E-state index in [1.807, 2.05) is 37.4 Å². The van der Waals surface area contributed by atoms with Gasteiger partial charge in [-0.2, -0.15) is 0 Å². The smallest absolute Gasteiger partial charge is 0.119 e. The van der Waals surface area contributed by atoms with Gasteiger partial charge in [0.15, 0.2) is 0 Å². The van der Waals surface area contributed by atoms with Crippen molar-refractivity contribution in [2.24, 2.45) is 5.92 Å². The number of benzene rings is 2. The molecule has 0 saturated carbocycles. The summed E-state index contributed by atoms with van der Waals surface area (Å²) in [5.74, 6) is 1.65. The van der Waals surface area contributed by atoms with Crippen molar-refractivity contribution in [1.29, 1.82) is 0 Å². The molecule has 0 radical (unpaired) electrons. The molecule has 1 unspecified atom stereocenters. The van der Waals surface area contributed by atoms with Crippen LogP contribution in [0, 0.1) is 5.92 Å². The Kier molecular flexibility index (Phi) is 6.67. The first-order valence-corrected chi connectivity index (χ1v) is 9.43. The van der Waals surface area contributed by atoms with Gasteiger partial charge < -0.3 is 9.84 Å². The molecule has 1 atom stereocenters. The first-order chi connectivity index (χ1) is 12.6. The van der Waals surface area contributed by atoms with Crippen molar-refractivity contribution in [2.45, 2.75) is 26.1 Å². The van der Waals surface area contributed by atoms with E-state index in [1.165, 1.54) is 24.2 Å². The maximum Gasteiger partial charge on any atom is 0.119 e. The van der Waals surface area contributed by atoms with Gasteiger partial charge in [-0.3, -0.25) is 9.80 Å². The summed E-state index contributed by atoms with van der Waals surface area (Å²) in [5.41, 5.74) is 2.56. The molecule has 0 spiro atoms. The number of rotatable bonds is 9. The van der Waals surface area contributed by atoms with Crippen molar-refractivity contribution < 1.29 is 9.84 Å². The molecule has 3 rings (SSSR count). The average molecular weight is 354 g/mol. The van der Waals surface area contributed by atoms with Crippen molar-refractivity contribution >= 4 is 0 Å². The number of hydrogen-bond donors (Lipinski definition) is 1. The fourth-order valence-corrected chi connectivity index (χ4v) is 3.47. The predicted octanol–water partition coefficient (Wildman–Crippen LogP) is 3.01. The maximum atomic E-state index is 10.2. The summed E-state index contributed by atoms with van der Waals surface area (Å²) in [6.45, 7) is 7.40. The molecular formula is C22H30N2O2. The van der Waals surface area contributed by atoms with Crippen molar-refractivity contribution in [3.63, 3.8) is 0 Å². The van der Waals surface area contributed by atoms with E-state index in [0.717, 1.165) is 24.8 Å². The molecule has 1 saturated heterocycles. The van der Waals surface area contributed by atoms with Crippen molar-refractivity contribution in [3.8, 4) is 5.75 Å². The van der Waals surface area contributed by atoms with E-state index in [9.17, 15) is 5.11 Å². The largest absolute Gasteiger partial charge is 0.491 e. The fraction of sp³-hybridized carbons (Fsp3) is 0.455. The summed E-state index contributed by atoms with van der Waals surface area (Å²) in [6, 6.07) is 18.5. The van der Waals surface area contributed by atoms with Gasteiger partial charge in [-0.25, -0.2) is 0 Å². The Morgan fingerprint density at radius 3 is 2.42 bits per heavy atom. The second kappa shape index (κ2) is 9.17. The third-order valence-electron chi connectivity index (χ3n) is 4.73. The van der Waals surface area contributed by atoms with Gasteiger partial charge in [0.1, 0.15) is 18.5 Å². The zero-order valence-electron chi connectivity index (χ0n) is 15.8. The number of ether oxygens (including phenoxy) is 1. The maximum absolute atomic E-state index is 10.2.